The Balaban J connectivity index is 1.91. The molecule has 7 nitrogen and oxygen atoms in total. The van der Waals surface area contributed by atoms with Crippen molar-refractivity contribution in [2.75, 3.05) is 6.54 Å². The second-order valence-electron chi connectivity index (χ2n) is 7.89. The zero-order valence-electron chi connectivity index (χ0n) is 18.6. The van der Waals surface area contributed by atoms with Crippen molar-refractivity contribution in [3.8, 4) is 5.75 Å². The molecule has 34 heavy (non-hydrogen) atoms. The molecule has 1 aromatic heterocycles. The number of carboxylic acids is 1. The Hall–Kier alpha value is -4.23. The summed E-state index contributed by atoms with van der Waals surface area (Å²) in [4.78, 5) is 37.5. The maximum atomic E-state index is 13.1. The Labute approximate surface area is 196 Å². The highest BCUT2D eigenvalue weighted by Gasteiger charge is 2.29. The normalized spacial score (nSPS) is 11.8. The minimum atomic E-state index is -1.29. The van der Waals surface area contributed by atoms with Crippen molar-refractivity contribution in [3.05, 3.63) is 101 Å². The van der Waals surface area contributed by atoms with Crippen LogP contribution in [0.15, 0.2) is 78.9 Å². The lowest BCUT2D eigenvalue weighted by atomic mass is 10.0. The van der Waals surface area contributed by atoms with Crippen LogP contribution >= 0.6 is 0 Å². The van der Waals surface area contributed by atoms with E-state index in [4.69, 9.17) is 10.5 Å². The number of rotatable bonds is 9. The standard InChI is InChI=1S/C27H24N2O5/c1-17-23(25(31)21(30)15-28)24-20(29(17)16-18-9-4-2-5-10-18)13-8-14-22(24)34-26(27(32)33)19-11-6-3-7-12-19/h2-14,26H,15-16,28H2,1H3,(H,32,33). The predicted octanol–water partition coefficient (Wildman–Crippen LogP) is 3.91. The third kappa shape index (κ3) is 4.33. The number of nitrogens with zero attached hydrogens (tertiary/aromatic N) is 1. The van der Waals surface area contributed by atoms with Crippen LogP contribution in [0.4, 0.5) is 0 Å². The number of fused-ring (bicyclic) bond motifs is 1. The molecule has 0 saturated carbocycles. The summed E-state index contributed by atoms with van der Waals surface area (Å²) in [5.41, 5.74) is 8.35. The minimum absolute atomic E-state index is 0.175. The lowest BCUT2D eigenvalue weighted by molar-refractivity contribution is -0.145. The van der Waals surface area contributed by atoms with Gasteiger partial charge in [-0.1, -0.05) is 66.7 Å². The average molecular weight is 456 g/mol. The number of ether oxygens (including phenoxy) is 1. The van der Waals surface area contributed by atoms with Gasteiger partial charge in [0.25, 0.3) is 0 Å². The predicted molar refractivity (Wildman–Crippen MR) is 128 cm³/mol. The number of carboxylic acid groups (broad SMARTS) is 1. The molecule has 1 unspecified atom stereocenters. The number of carbonyl (C=O) groups excluding carboxylic acids is 2. The van der Waals surface area contributed by atoms with Crippen LogP contribution in [0.3, 0.4) is 0 Å². The quantitative estimate of drug-likeness (QED) is 0.292. The smallest absolute Gasteiger partial charge is 0.349 e. The SMILES string of the molecule is Cc1c(C(=O)C(=O)CN)c2c(OC(C(=O)O)c3ccccc3)cccc2n1Cc1ccccc1. The van der Waals surface area contributed by atoms with Crippen molar-refractivity contribution in [1.82, 2.24) is 4.57 Å². The molecule has 0 aliphatic rings. The van der Waals surface area contributed by atoms with Gasteiger partial charge in [0.1, 0.15) is 5.75 Å². The highest BCUT2D eigenvalue weighted by atomic mass is 16.5. The van der Waals surface area contributed by atoms with Gasteiger partial charge in [0.15, 0.2) is 0 Å². The summed E-state index contributed by atoms with van der Waals surface area (Å²) in [7, 11) is 0. The van der Waals surface area contributed by atoms with E-state index in [1.807, 2.05) is 41.0 Å². The van der Waals surface area contributed by atoms with Crippen molar-refractivity contribution in [2.24, 2.45) is 5.73 Å². The molecule has 0 radical (unpaired) electrons. The third-order valence-corrected chi connectivity index (χ3v) is 5.73. The van der Waals surface area contributed by atoms with Crippen LogP contribution in [0, 0.1) is 6.92 Å². The van der Waals surface area contributed by atoms with E-state index in [1.54, 1.807) is 49.4 Å². The molecule has 172 valence electrons. The highest BCUT2D eigenvalue weighted by molar-refractivity contribution is 6.47. The summed E-state index contributed by atoms with van der Waals surface area (Å²) < 4.78 is 7.91. The third-order valence-electron chi connectivity index (χ3n) is 5.73. The molecule has 3 N–H and O–H groups in total. The van der Waals surface area contributed by atoms with Gasteiger partial charge < -0.3 is 20.1 Å². The summed E-state index contributed by atoms with van der Waals surface area (Å²) in [5, 5.41) is 10.2. The van der Waals surface area contributed by atoms with Gasteiger partial charge in [-0.25, -0.2) is 4.79 Å². The molecule has 1 heterocycles. The fourth-order valence-electron chi connectivity index (χ4n) is 4.09. The van der Waals surface area contributed by atoms with Gasteiger partial charge >= 0.3 is 5.97 Å². The van der Waals surface area contributed by atoms with Gasteiger partial charge in [0, 0.05) is 17.8 Å². The number of benzene rings is 3. The molecular formula is C27H24N2O5. The lowest BCUT2D eigenvalue weighted by Crippen LogP contribution is -2.24. The van der Waals surface area contributed by atoms with Gasteiger partial charge in [0.2, 0.25) is 17.7 Å². The van der Waals surface area contributed by atoms with Crippen molar-refractivity contribution in [3.63, 3.8) is 0 Å². The van der Waals surface area contributed by atoms with Gasteiger partial charge in [-0.2, -0.15) is 0 Å². The largest absolute Gasteiger partial charge is 0.478 e. The van der Waals surface area contributed by atoms with E-state index in [-0.39, 0.29) is 11.3 Å². The first-order valence-corrected chi connectivity index (χ1v) is 10.8. The van der Waals surface area contributed by atoms with Gasteiger partial charge in [-0.3, -0.25) is 9.59 Å². The Morgan fingerprint density at radius 3 is 2.21 bits per heavy atom. The van der Waals surface area contributed by atoms with E-state index in [0.29, 0.717) is 28.7 Å². The second kappa shape index (κ2) is 9.72. The zero-order valence-corrected chi connectivity index (χ0v) is 18.6. The topological polar surface area (TPSA) is 112 Å². The zero-order chi connectivity index (χ0) is 24.2. The summed E-state index contributed by atoms with van der Waals surface area (Å²) in [6.07, 6.45) is -1.29. The van der Waals surface area contributed by atoms with E-state index in [0.717, 1.165) is 5.56 Å². The number of carbonyl (C=O) groups is 3. The van der Waals surface area contributed by atoms with E-state index in [2.05, 4.69) is 0 Å². The first kappa shape index (κ1) is 22.9. The summed E-state index contributed by atoms with van der Waals surface area (Å²) in [6.45, 7) is 1.79. The van der Waals surface area contributed by atoms with Crippen LogP contribution in [0.5, 0.6) is 5.75 Å². The molecule has 0 amide bonds. The highest BCUT2D eigenvalue weighted by Crippen LogP contribution is 2.37. The number of ketones is 2. The molecule has 0 fully saturated rings. The summed E-state index contributed by atoms with van der Waals surface area (Å²) >= 11 is 0. The van der Waals surface area contributed by atoms with Crippen molar-refractivity contribution in [1.29, 1.82) is 0 Å². The maximum absolute atomic E-state index is 13.1. The van der Waals surface area contributed by atoms with Crippen molar-refractivity contribution >= 4 is 28.4 Å². The van der Waals surface area contributed by atoms with Crippen LogP contribution < -0.4 is 10.5 Å². The van der Waals surface area contributed by atoms with Crippen LogP contribution in [-0.2, 0) is 16.1 Å². The number of nitrogens with two attached hydrogens (primary N) is 1. The van der Waals surface area contributed by atoms with Crippen LogP contribution in [-0.4, -0.2) is 33.8 Å². The number of hydrogen-bond acceptors (Lipinski definition) is 5. The summed E-state index contributed by atoms with van der Waals surface area (Å²) in [5.74, 6) is -2.42. The van der Waals surface area contributed by atoms with Crippen LogP contribution in [0.25, 0.3) is 10.9 Å². The van der Waals surface area contributed by atoms with Crippen molar-refractivity contribution < 1.29 is 24.2 Å². The van der Waals surface area contributed by atoms with E-state index < -0.39 is 30.2 Å². The molecule has 7 heteroatoms. The van der Waals surface area contributed by atoms with Crippen LogP contribution in [0.1, 0.15) is 33.3 Å². The molecule has 0 saturated heterocycles. The fourth-order valence-corrected chi connectivity index (χ4v) is 4.09. The molecule has 4 aromatic rings. The molecular weight excluding hydrogens is 432 g/mol. The molecule has 0 bridgehead atoms. The van der Waals surface area contributed by atoms with E-state index >= 15 is 0 Å². The molecule has 0 aliphatic heterocycles. The second-order valence-corrected chi connectivity index (χ2v) is 7.89. The molecule has 1 atom stereocenters. The Morgan fingerprint density at radius 2 is 1.59 bits per heavy atom. The maximum Gasteiger partial charge on any atom is 0.349 e. The van der Waals surface area contributed by atoms with Gasteiger partial charge in [-0.15, -0.1) is 0 Å². The Kier molecular flexibility index (Phi) is 6.56. The number of aliphatic carboxylic acids is 1. The first-order valence-electron chi connectivity index (χ1n) is 10.8. The lowest BCUT2D eigenvalue weighted by Gasteiger charge is -2.17. The first-order chi connectivity index (χ1) is 16.4. The van der Waals surface area contributed by atoms with Gasteiger partial charge in [-0.05, 0) is 24.6 Å². The minimum Gasteiger partial charge on any atom is -0.478 e. The molecule has 0 spiro atoms. The summed E-state index contributed by atoms with van der Waals surface area (Å²) in [6, 6.07) is 23.4. The van der Waals surface area contributed by atoms with E-state index in [1.165, 1.54) is 0 Å². The number of Topliss-reactive ketones (excluding diaryl/α,β-unsaturated/α-hetero) is 2. The van der Waals surface area contributed by atoms with E-state index in [9.17, 15) is 19.5 Å². The fraction of sp³-hybridized carbons (Fsp3) is 0.148. The number of aromatic nitrogens is 1. The Bertz CT molecular complexity index is 1360. The van der Waals surface area contributed by atoms with Crippen LogP contribution in [0.2, 0.25) is 0 Å². The molecule has 0 aliphatic carbocycles. The van der Waals surface area contributed by atoms with Crippen molar-refractivity contribution in [2.45, 2.75) is 19.6 Å². The molecule has 4 rings (SSSR count). The Morgan fingerprint density at radius 1 is 0.941 bits per heavy atom. The molecule has 3 aromatic carbocycles. The average Bonchev–Trinajstić information content (AvgIpc) is 3.14. The van der Waals surface area contributed by atoms with Gasteiger partial charge in [0.05, 0.1) is 23.0 Å². The number of hydrogen-bond donors (Lipinski definition) is 2. The monoisotopic (exact) mass is 456 g/mol.